The molecule has 0 saturated heterocycles. The molecule has 0 unspecified atom stereocenters. The molecule has 4 aliphatic carbocycles. The van der Waals surface area contributed by atoms with Crippen LogP contribution in [-0.2, 0) is 0 Å². The lowest BCUT2D eigenvalue weighted by Gasteiger charge is -2.62. The fourth-order valence-corrected chi connectivity index (χ4v) is 9.73. The summed E-state index contributed by atoms with van der Waals surface area (Å²) >= 11 is 0. The summed E-state index contributed by atoms with van der Waals surface area (Å²) in [7, 11) is 0. The smallest absolute Gasteiger partial charge is 0.0568 e. The second kappa shape index (κ2) is 8.14. The monoisotopic (exact) mass is 402 g/mol. The third-order valence-corrected chi connectivity index (χ3v) is 11.4. The molecular weight excluding hydrogens is 352 g/mol. The molecule has 29 heavy (non-hydrogen) atoms. The van der Waals surface area contributed by atoms with Crippen LogP contribution < -0.4 is 0 Å². The zero-order valence-electron chi connectivity index (χ0n) is 20.4. The van der Waals surface area contributed by atoms with E-state index < -0.39 is 0 Å². The van der Waals surface area contributed by atoms with Crippen LogP contribution in [0.15, 0.2) is 0 Å². The number of fused-ring (bicyclic) bond motifs is 5. The molecule has 4 saturated carbocycles. The van der Waals surface area contributed by atoms with Crippen LogP contribution in [0.3, 0.4) is 0 Å². The van der Waals surface area contributed by atoms with E-state index in [-0.39, 0.29) is 6.10 Å². The Morgan fingerprint density at radius 2 is 1.45 bits per heavy atom. The Morgan fingerprint density at radius 1 is 0.793 bits per heavy atom. The summed E-state index contributed by atoms with van der Waals surface area (Å²) in [6.07, 6.45) is 15.4. The Hall–Kier alpha value is -0.0400. The van der Waals surface area contributed by atoms with E-state index in [2.05, 4.69) is 41.5 Å². The first-order chi connectivity index (χ1) is 13.7. The van der Waals surface area contributed by atoms with Gasteiger partial charge >= 0.3 is 0 Å². The molecule has 168 valence electrons. The van der Waals surface area contributed by atoms with Crippen molar-refractivity contribution in [1.29, 1.82) is 0 Å². The minimum atomic E-state index is -0.0407. The first-order valence-electron chi connectivity index (χ1n) is 13.4. The quantitative estimate of drug-likeness (QED) is 0.499. The van der Waals surface area contributed by atoms with E-state index >= 15 is 0 Å². The standard InChI is InChI=1S/C28H50O/c1-18(2)8-7-9-19(3)22-12-13-24-21-10-11-23-20(4)26(29)15-17-28(23,6)25(21)14-16-27(22,24)5/h18-26,29H,7-17H2,1-6H3/t19-,20+,21-,22+,23-,24-,25-,26-,27+,28-/m0/s1. The SMILES string of the molecule is CC(C)CCC[C@H](C)[C@H]1CC[C@H]2[C@@H]3CC[C@H]4[C@@H](C)[C@@H](O)CC[C@]4(C)[C@H]3CC[C@]12C. The summed E-state index contributed by atoms with van der Waals surface area (Å²) in [5, 5.41) is 10.5. The topological polar surface area (TPSA) is 20.2 Å². The van der Waals surface area contributed by atoms with Gasteiger partial charge in [0.15, 0.2) is 0 Å². The van der Waals surface area contributed by atoms with Gasteiger partial charge < -0.3 is 5.11 Å². The Kier molecular flexibility index (Phi) is 6.22. The van der Waals surface area contributed by atoms with E-state index in [0.717, 1.165) is 47.8 Å². The van der Waals surface area contributed by atoms with Crippen molar-refractivity contribution in [2.24, 2.45) is 58.2 Å². The Labute approximate surface area is 181 Å². The Bertz CT molecular complexity index is 569. The highest BCUT2D eigenvalue weighted by atomic mass is 16.3. The molecule has 1 nitrogen and oxygen atoms in total. The molecule has 0 aromatic rings. The van der Waals surface area contributed by atoms with Crippen LogP contribution in [0.5, 0.6) is 0 Å². The molecule has 4 fully saturated rings. The van der Waals surface area contributed by atoms with Crippen molar-refractivity contribution in [2.45, 2.75) is 118 Å². The first-order valence-corrected chi connectivity index (χ1v) is 13.4. The molecule has 0 heterocycles. The van der Waals surface area contributed by atoms with Gasteiger partial charge in [0.25, 0.3) is 0 Å². The highest BCUT2D eigenvalue weighted by Crippen LogP contribution is 2.68. The zero-order chi connectivity index (χ0) is 21.0. The number of hydrogen-bond acceptors (Lipinski definition) is 1. The van der Waals surface area contributed by atoms with Crippen LogP contribution >= 0.6 is 0 Å². The van der Waals surface area contributed by atoms with E-state index in [4.69, 9.17) is 0 Å². The molecule has 1 N–H and O–H groups in total. The molecule has 0 bridgehead atoms. The van der Waals surface area contributed by atoms with Crippen LogP contribution in [0.1, 0.15) is 112 Å². The first kappa shape index (κ1) is 22.2. The minimum Gasteiger partial charge on any atom is -0.393 e. The number of aliphatic hydroxyl groups excluding tert-OH is 1. The molecule has 0 aliphatic heterocycles. The lowest BCUT2D eigenvalue weighted by atomic mass is 9.43. The summed E-state index contributed by atoms with van der Waals surface area (Å²) in [6.45, 7) is 15.0. The Morgan fingerprint density at radius 3 is 2.17 bits per heavy atom. The minimum absolute atomic E-state index is 0.0407. The van der Waals surface area contributed by atoms with E-state index in [0.29, 0.717) is 16.7 Å². The normalized spacial score (nSPS) is 50.7. The molecule has 0 aromatic heterocycles. The van der Waals surface area contributed by atoms with Crippen molar-refractivity contribution in [3.8, 4) is 0 Å². The third kappa shape index (κ3) is 3.64. The van der Waals surface area contributed by atoms with Crippen LogP contribution in [0.4, 0.5) is 0 Å². The summed E-state index contributed by atoms with van der Waals surface area (Å²) in [4.78, 5) is 0. The van der Waals surface area contributed by atoms with Gasteiger partial charge in [0, 0.05) is 0 Å². The highest BCUT2D eigenvalue weighted by molar-refractivity contribution is 5.10. The third-order valence-electron chi connectivity index (χ3n) is 11.4. The molecule has 0 spiro atoms. The average Bonchev–Trinajstić information content (AvgIpc) is 3.02. The summed E-state index contributed by atoms with van der Waals surface area (Å²) in [6, 6.07) is 0. The van der Waals surface area contributed by atoms with Crippen molar-refractivity contribution in [3.63, 3.8) is 0 Å². The maximum Gasteiger partial charge on any atom is 0.0568 e. The predicted octanol–water partition coefficient (Wildman–Crippen LogP) is 7.71. The van der Waals surface area contributed by atoms with E-state index in [1.165, 1.54) is 64.2 Å². The van der Waals surface area contributed by atoms with Crippen LogP contribution in [0, 0.1) is 58.2 Å². The van der Waals surface area contributed by atoms with Crippen molar-refractivity contribution in [1.82, 2.24) is 0 Å². The van der Waals surface area contributed by atoms with Gasteiger partial charge in [0.1, 0.15) is 0 Å². The summed E-state index contributed by atoms with van der Waals surface area (Å²) in [5.41, 5.74) is 1.12. The van der Waals surface area contributed by atoms with Gasteiger partial charge in [-0.15, -0.1) is 0 Å². The number of hydrogen-bond donors (Lipinski definition) is 1. The van der Waals surface area contributed by atoms with Gasteiger partial charge in [0.2, 0.25) is 0 Å². The molecule has 4 aliphatic rings. The van der Waals surface area contributed by atoms with Gasteiger partial charge in [-0.25, -0.2) is 0 Å². The number of rotatable bonds is 5. The van der Waals surface area contributed by atoms with Crippen molar-refractivity contribution in [2.75, 3.05) is 0 Å². The van der Waals surface area contributed by atoms with E-state index in [1.54, 1.807) is 0 Å². The molecule has 4 rings (SSSR count). The molecule has 1 heteroatoms. The average molecular weight is 403 g/mol. The van der Waals surface area contributed by atoms with Gasteiger partial charge in [-0.3, -0.25) is 0 Å². The van der Waals surface area contributed by atoms with Gasteiger partial charge in [-0.2, -0.15) is 0 Å². The maximum atomic E-state index is 10.5. The second-order valence-electron chi connectivity index (χ2n) is 13.1. The molecule has 10 atom stereocenters. The van der Waals surface area contributed by atoms with Gasteiger partial charge in [-0.1, -0.05) is 60.8 Å². The van der Waals surface area contributed by atoms with Crippen molar-refractivity contribution < 1.29 is 5.11 Å². The second-order valence-corrected chi connectivity index (χ2v) is 13.1. The summed E-state index contributed by atoms with van der Waals surface area (Å²) < 4.78 is 0. The summed E-state index contributed by atoms with van der Waals surface area (Å²) in [5.74, 6) is 6.92. The van der Waals surface area contributed by atoms with Crippen molar-refractivity contribution >= 4 is 0 Å². The maximum absolute atomic E-state index is 10.5. The lowest BCUT2D eigenvalue weighted by molar-refractivity contribution is -0.149. The van der Waals surface area contributed by atoms with Crippen LogP contribution in [0.2, 0.25) is 0 Å². The zero-order valence-corrected chi connectivity index (χ0v) is 20.4. The highest BCUT2D eigenvalue weighted by Gasteiger charge is 2.61. The van der Waals surface area contributed by atoms with Crippen molar-refractivity contribution in [3.05, 3.63) is 0 Å². The number of aliphatic hydroxyl groups is 1. The molecule has 0 aromatic carbocycles. The molecular formula is C28H50O. The predicted molar refractivity (Wildman–Crippen MR) is 124 cm³/mol. The van der Waals surface area contributed by atoms with Crippen LogP contribution in [-0.4, -0.2) is 11.2 Å². The largest absolute Gasteiger partial charge is 0.393 e. The van der Waals surface area contributed by atoms with E-state index in [1.807, 2.05) is 0 Å². The molecule has 0 radical (unpaired) electrons. The van der Waals surface area contributed by atoms with E-state index in [9.17, 15) is 5.11 Å². The fraction of sp³-hybridized carbons (Fsp3) is 1.00. The van der Waals surface area contributed by atoms with Gasteiger partial charge in [0.05, 0.1) is 6.10 Å². The fourth-order valence-electron chi connectivity index (χ4n) is 9.73. The van der Waals surface area contributed by atoms with Gasteiger partial charge in [-0.05, 0) is 110 Å². The lowest BCUT2D eigenvalue weighted by Crippen LogP contribution is -2.56. The molecule has 0 amide bonds. The van der Waals surface area contributed by atoms with Crippen LogP contribution in [0.25, 0.3) is 0 Å². The Balaban J connectivity index is 1.48.